The highest BCUT2D eigenvalue weighted by atomic mass is 16.5. The first kappa shape index (κ1) is 12.4. The number of nitriles is 1. The molecule has 1 aliphatic heterocycles. The number of nitrogens with two attached hydrogens (primary N) is 1. The van der Waals surface area contributed by atoms with Crippen molar-refractivity contribution in [3.05, 3.63) is 0 Å². The fourth-order valence-corrected chi connectivity index (χ4v) is 2.29. The van der Waals surface area contributed by atoms with E-state index in [1.54, 1.807) is 7.11 Å². The number of piperidine rings is 1. The highest BCUT2D eigenvalue weighted by Gasteiger charge is 2.31. The normalized spacial score (nSPS) is 29.7. The Morgan fingerprint density at radius 3 is 2.87 bits per heavy atom. The first-order valence-electron chi connectivity index (χ1n) is 5.65. The van der Waals surface area contributed by atoms with E-state index < -0.39 is 0 Å². The van der Waals surface area contributed by atoms with Gasteiger partial charge in [-0.25, -0.2) is 0 Å². The van der Waals surface area contributed by atoms with Gasteiger partial charge in [-0.1, -0.05) is 6.92 Å². The number of methoxy groups -OCH3 is 1. The molecule has 1 rings (SSSR count). The van der Waals surface area contributed by atoms with Crippen molar-refractivity contribution < 1.29 is 4.74 Å². The van der Waals surface area contributed by atoms with Crippen molar-refractivity contribution in [1.82, 2.24) is 4.90 Å². The van der Waals surface area contributed by atoms with E-state index in [9.17, 15) is 0 Å². The lowest BCUT2D eigenvalue weighted by Gasteiger charge is -2.40. The third kappa shape index (κ3) is 2.91. The molecule has 0 spiro atoms. The van der Waals surface area contributed by atoms with Crippen LogP contribution in [0.1, 0.15) is 26.2 Å². The van der Waals surface area contributed by atoms with E-state index in [2.05, 4.69) is 11.0 Å². The van der Waals surface area contributed by atoms with Gasteiger partial charge >= 0.3 is 0 Å². The van der Waals surface area contributed by atoms with Crippen molar-refractivity contribution in [3.63, 3.8) is 0 Å². The van der Waals surface area contributed by atoms with Crippen LogP contribution in [0.4, 0.5) is 0 Å². The maximum Gasteiger partial charge on any atom is 0.0978 e. The lowest BCUT2D eigenvalue weighted by Crippen LogP contribution is -2.52. The fourth-order valence-electron chi connectivity index (χ4n) is 2.29. The maximum absolute atomic E-state index is 9.05. The monoisotopic (exact) mass is 211 g/mol. The highest BCUT2D eigenvalue weighted by Crippen LogP contribution is 2.22. The van der Waals surface area contributed by atoms with E-state index in [4.69, 9.17) is 15.7 Å². The first-order valence-corrected chi connectivity index (χ1v) is 5.65. The van der Waals surface area contributed by atoms with Crippen LogP contribution >= 0.6 is 0 Å². The molecule has 86 valence electrons. The third-order valence-corrected chi connectivity index (χ3v) is 3.25. The van der Waals surface area contributed by atoms with Crippen molar-refractivity contribution in [1.29, 1.82) is 5.26 Å². The van der Waals surface area contributed by atoms with Gasteiger partial charge < -0.3 is 10.5 Å². The molecule has 0 amide bonds. The van der Waals surface area contributed by atoms with Crippen molar-refractivity contribution in [3.8, 4) is 6.07 Å². The van der Waals surface area contributed by atoms with E-state index in [1.165, 1.54) is 0 Å². The van der Waals surface area contributed by atoms with Crippen LogP contribution in [0.3, 0.4) is 0 Å². The molecule has 1 aliphatic rings. The van der Waals surface area contributed by atoms with E-state index >= 15 is 0 Å². The Balaban J connectivity index is 2.62. The van der Waals surface area contributed by atoms with Crippen LogP contribution in [-0.4, -0.2) is 43.3 Å². The predicted molar refractivity (Wildman–Crippen MR) is 59.3 cm³/mol. The summed E-state index contributed by atoms with van der Waals surface area (Å²) in [6.07, 6.45) is 3.13. The molecule has 1 fully saturated rings. The summed E-state index contributed by atoms with van der Waals surface area (Å²) in [5, 5.41) is 9.05. The Hall–Kier alpha value is -0.630. The smallest absolute Gasteiger partial charge is 0.0978 e. The number of nitrogens with zero attached hydrogens (tertiary/aromatic N) is 2. The second kappa shape index (κ2) is 6.06. The van der Waals surface area contributed by atoms with Gasteiger partial charge in [0.2, 0.25) is 0 Å². The summed E-state index contributed by atoms with van der Waals surface area (Å²) in [6.45, 7) is 3.58. The van der Waals surface area contributed by atoms with Crippen LogP contribution < -0.4 is 5.73 Å². The van der Waals surface area contributed by atoms with E-state index in [-0.39, 0.29) is 6.04 Å². The Kier molecular flexibility index (Phi) is 5.03. The van der Waals surface area contributed by atoms with Crippen molar-refractivity contribution in [2.45, 2.75) is 44.4 Å². The molecule has 0 radical (unpaired) electrons. The van der Waals surface area contributed by atoms with Crippen LogP contribution in [-0.2, 0) is 4.74 Å². The van der Waals surface area contributed by atoms with Gasteiger partial charge in [-0.15, -0.1) is 0 Å². The molecule has 0 saturated carbocycles. The summed E-state index contributed by atoms with van der Waals surface area (Å²) in [4.78, 5) is 2.23. The summed E-state index contributed by atoms with van der Waals surface area (Å²) >= 11 is 0. The van der Waals surface area contributed by atoms with Gasteiger partial charge in [-0.2, -0.15) is 5.26 Å². The van der Waals surface area contributed by atoms with Crippen LogP contribution in [0, 0.1) is 11.3 Å². The quantitative estimate of drug-likeness (QED) is 0.744. The topological polar surface area (TPSA) is 62.3 Å². The lowest BCUT2D eigenvalue weighted by molar-refractivity contribution is 0.00394. The van der Waals surface area contributed by atoms with Crippen molar-refractivity contribution in [2.24, 2.45) is 5.73 Å². The minimum absolute atomic E-state index is 0.0105. The molecule has 2 N–H and O–H groups in total. The fraction of sp³-hybridized carbons (Fsp3) is 0.909. The molecule has 1 saturated heterocycles. The van der Waals surface area contributed by atoms with Gasteiger partial charge in [-0.3, -0.25) is 4.90 Å². The molecular formula is C11H21N3O. The van der Waals surface area contributed by atoms with Crippen molar-refractivity contribution in [2.75, 3.05) is 20.2 Å². The summed E-state index contributed by atoms with van der Waals surface area (Å²) < 4.78 is 5.35. The first-order chi connectivity index (χ1) is 7.26. The Morgan fingerprint density at radius 1 is 1.67 bits per heavy atom. The number of likely N-dealkylation sites (tertiary alicyclic amines) is 1. The second-order valence-electron chi connectivity index (χ2n) is 4.06. The van der Waals surface area contributed by atoms with Gasteiger partial charge in [-0.05, 0) is 19.3 Å². The molecule has 1 heterocycles. The van der Waals surface area contributed by atoms with E-state index in [1.807, 2.05) is 6.92 Å². The van der Waals surface area contributed by atoms with Crippen LogP contribution in [0.15, 0.2) is 0 Å². The van der Waals surface area contributed by atoms with Gasteiger partial charge in [0.25, 0.3) is 0 Å². The molecule has 3 unspecified atom stereocenters. The minimum atomic E-state index is 0.0105. The SMILES string of the molecule is CCC(C#N)N1CCC(OC)CC1CN. The zero-order valence-electron chi connectivity index (χ0n) is 9.65. The lowest BCUT2D eigenvalue weighted by atomic mass is 9.97. The van der Waals surface area contributed by atoms with Crippen LogP contribution in [0.25, 0.3) is 0 Å². The largest absolute Gasteiger partial charge is 0.381 e. The molecule has 4 nitrogen and oxygen atoms in total. The molecule has 3 atom stereocenters. The summed E-state index contributed by atoms with van der Waals surface area (Å²) in [5.74, 6) is 0. The zero-order valence-corrected chi connectivity index (χ0v) is 9.65. The minimum Gasteiger partial charge on any atom is -0.381 e. The molecule has 0 aromatic carbocycles. The molecular weight excluding hydrogens is 190 g/mol. The molecule has 0 aromatic heterocycles. The molecule has 0 aliphatic carbocycles. The number of rotatable bonds is 4. The maximum atomic E-state index is 9.05. The predicted octanol–water partition coefficient (Wildman–Crippen LogP) is 0.727. The highest BCUT2D eigenvalue weighted by molar-refractivity contribution is 4.96. The van der Waals surface area contributed by atoms with Gasteiger partial charge in [0, 0.05) is 26.2 Å². The van der Waals surface area contributed by atoms with Gasteiger partial charge in [0.15, 0.2) is 0 Å². The molecule has 4 heteroatoms. The van der Waals surface area contributed by atoms with Gasteiger partial charge in [0.05, 0.1) is 18.2 Å². The average Bonchev–Trinajstić information content (AvgIpc) is 2.31. The molecule has 0 aromatic rings. The Morgan fingerprint density at radius 2 is 2.40 bits per heavy atom. The number of hydrogen-bond donors (Lipinski definition) is 1. The van der Waals surface area contributed by atoms with Crippen LogP contribution in [0.5, 0.6) is 0 Å². The van der Waals surface area contributed by atoms with Gasteiger partial charge in [0.1, 0.15) is 0 Å². The zero-order chi connectivity index (χ0) is 11.3. The number of ether oxygens (including phenoxy) is 1. The standard InChI is InChI=1S/C11H21N3O/c1-3-9(7-12)14-5-4-11(15-2)6-10(14)8-13/h9-11H,3-6,8,13H2,1-2H3. The molecule has 15 heavy (non-hydrogen) atoms. The molecule has 0 bridgehead atoms. The van der Waals surface area contributed by atoms with Crippen LogP contribution in [0.2, 0.25) is 0 Å². The third-order valence-electron chi connectivity index (χ3n) is 3.25. The van der Waals surface area contributed by atoms with E-state index in [0.29, 0.717) is 18.7 Å². The Labute approximate surface area is 92.0 Å². The number of hydrogen-bond acceptors (Lipinski definition) is 4. The summed E-state index contributed by atoms with van der Waals surface area (Å²) in [6, 6.07) is 2.66. The Bertz CT molecular complexity index is 226. The van der Waals surface area contributed by atoms with Crippen molar-refractivity contribution >= 4 is 0 Å². The average molecular weight is 211 g/mol. The van der Waals surface area contributed by atoms with E-state index in [0.717, 1.165) is 25.8 Å². The summed E-state index contributed by atoms with van der Waals surface area (Å²) in [7, 11) is 1.75. The second-order valence-corrected chi connectivity index (χ2v) is 4.06. The summed E-state index contributed by atoms with van der Waals surface area (Å²) in [5.41, 5.74) is 5.75.